The molecule has 0 radical (unpaired) electrons. The summed E-state index contributed by atoms with van der Waals surface area (Å²) in [6, 6.07) is 14.1. The van der Waals surface area contributed by atoms with Crippen molar-refractivity contribution in [3.8, 4) is 5.75 Å². The standard InChI is InChI=1S/C21H26N2O3/c1-4-6-15(3)20(24)22-17-9-7-16(8-10-17)21(25)23-18-11-13-19(14-12-18)26-5-2/h7-15H,4-6H2,1-3H3,(H,22,24)(H,23,25). The number of amides is 2. The van der Waals surface area contributed by atoms with Crippen molar-refractivity contribution in [2.45, 2.75) is 33.6 Å². The molecule has 0 aliphatic heterocycles. The molecule has 0 saturated heterocycles. The van der Waals surface area contributed by atoms with Crippen LogP contribution in [-0.2, 0) is 4.79 Å². The minimum Gasteiger partial charge on any atom is -0.494 e. The van der Waals surface area contributed by atoms with E-state index in [2.05, 4.69) is 17.6 Å². The molecule has 1 unspecified atom stereocenters. The molecule has 0 aromatic heterocycles. The van der Waals surface area contributed by atoms with Crippen molar-refractivity contribution in [2.24, 2.45) is 5.92 Å². The van der Waals surface area contributed by atoms with Crippen LogP contribution in [0.25, 0.3) is 0 Å². The Kier molecular flexibility index (Phi) is 7.21. The summed E-state index contributed by atoms with van der Waals surface area (Å²) in [6.45, 7) is 6.50. The van der Waals surface area contributed by atoms with Crippen molar-refractivity contribution in [3.63, 3.8) is 0 Å². The molecule has 138 valence electrons. The maximum absolute atomic E-state index is 12.3. The Hall–Kier alpha value is -2.82. The summed E-state index contributed by atoms with van der Waals surface area (Å²) in [6.07, 6.45) is 1.83. The van der Waals surface area contributed by atoms with E-state index in [0.29, 0.717) is 23.5 Å². The zero-order valence-electron chi connectivity index (χ0n) is 15.5. The van der Waals surface area contributed by atoms with Gasteiger partial charge in [0.25, 0.3) is 5.91 Å². The lowest BCUT2D eigenvalue weighted by atomic mass is 10.1. The second kappa shape index (κ2) is 9.61. The number of ether oxygens (including phenoxy) is 1. The van der Waals surface area contributed by atoms with Crippen molar-refractivity contribution in [1.29, 1.82) is 0 Å². The van der Waals surface area contributed by atoms with Crippen molar-refractivity contribution in [2.75, 3.05) is 17.2 Å². The number of carbonyl (C=O) groups is 2. The summed E-state index contributed by atoms with van der Waals surface area (Å²) in [4.78, 5) is 24.4. The first-order valence-electron chi connectivity index (χ1n) is 8.98. The van der Waals surface area contributed by atoms with Crippen LogP contribution in [0.4, 0.5) is 11.4 Å². The van der Waals surface area contributed by atoms with Gasteiger partial charge in [0.15, 0.2) is 0 Å². The fraction of sp³-hybridized carbons (Fsp3) is 0.333. The molecule has 0 saturated carbocycles. The van der Waals surface area contributed by atoms with Gasteiger partial charge in [-0.1, -0.05) is 20.3 Å². The lowest BCUT2D eigenvalue weighted by molar-refractivity contribution is -0.119. The summed E-state index contributed by atoms with van der Waals surface area (Å²) >= 11 is 0. The molecule has 0 aliphatic carbocycles. The van der Waals surface area contributed by atoms with E-state index in [1.54, 1.807) is 36.4 Å². The van der Waals surface area contributed by atoms with Crippen LogP contribution in [0.3, 0.4) is 0 Å². The quantitative estimate of drug-likeness (QED) is 0.721. The van der Waals surface area contributed by atoms with E-state index in [9.17, 15) is 9.59 Å². The van der Waals surface area contributed by atoms with E-state index in [1.807, 2.05) is 26.0 Å². The van der Waals surface area contributed by atoms with Gasteiger partial charge in [-0.2, -0.15) is 0 Å². The summed E-state index contributed by atoms with van der Waals surface area (Å²) in [5.41, 5.74) is 1.92. The van der Waals surface area contributed by atoms with Gasteiger partial charge < -0.3 is 15.4 Å². The average molecular weight is 354 g/mol. The molecule has 2 aromatic rings. The number of hydrogen-bond acceptors (Lipinski definition) is 3. The van der Waals surface area contributed by atoms with Crippen molar-refractivity contribution < 1.29 is 14.3 Å². The second-order valence-electron chi connectivity index (χ2n) is 6.17. The predicted molar refractivity (Wildman–Crippen MR) is 105 cm³/mol. The Labute approximate surface area is 154 Å². The summed E-state index contributed by atoms with van der Waals surface area (Å²) in [7, 11) is 0. The first kappa shape index (κ1) is 19.5. The van der Waals surface area contributed by atoms with Crippen LogP contribution in [0, 0.1) is 5.92 Å². The highest BCUT2D eigenvalue weighted by Gasteiger charge is 2.12. The molecule has 0 bridgehead atoms. The van der Waals surface area contributed by atoms with Crippen molar-refractivity contribution in [1.82, 2.24) is 0 Å². The molecule has 2 N–H and O–H groups in total. The molecule has 0 fully saturated rings. The van der Waals surface area contributed by atoms with Gasteiger partial charge in [0.05, 0.1) is 6.61 Å². The molecule has 26 heavy (non-hydrogen) atoms. The van der Waals surface area contributed by atoms with Crippen molar-refractivity contribution in [3.05, 3.63) is 54.1 Å². The Morgan fingerprint density at radius 3 is 2.08 bits per heavy atom. The van der Waals surface area contributed by atoms with E-state index in [-0.39, 0.29) is 17.7 Å². The van der Waals surface area contributed by atoms with Crippen LogP contribution in [0.2, 0.25) is 0 Å². The first-order chi connectivity index (χ1) is 12.5. The highest BCUT2D eigenvalue weighted by Crippen LogP contribution is 2.17. The molecule has 5 nitrogen and oxygen atoms in total. The number of carbonyl (C=O) groups excluding carboxylic acids is 2. The van der Waals surface area contributed by atoms with Gasteiger partial charge in [-0.25, -0.2) is 0 Å². The Morgan fingerprint density at radius 1 is 0.923 bits per heavy atom. The third-order valence-corrected chi connectivity index (χ3v) is 4.01. The normalized spacial score (nSPS) is 11.5. The summed E-state index contributed by atoms with van der Waals surface area (Å²) in [5, 5.41) is 5.72. The first-order valence-corrected chi connectivity index (χ1v) is 8.98. The molecule has 2 aromatic carbocycles. The number of nitrogens with one attached hydrogen (secondary N) is 2. The average Bonchev–Trinajstić information content (AvgIpc) is 2.64. The van der Waals surface area contributed by atoms with Gasteiger partial charge in [-0.05, 0) is 61.9 Å². The van der Waals surface area contributed by atoms with Gasteiger partial charge in [-0.3, -0.25) is 9.59 Å². The van der Waals surface area contributed by atoms with Gasteiger partial charge in [-0.15, -0.1) is 0 Å². The maximum atomic E-state index is 12.3. The molecular formula is C21H26N2O3. The SMILES string of the molecule is CCCC(C)C(=O)Nc1ccc(C(=O)Nc2ccc(OCC)cc2)cc1. The highest BCUT2D eigenvalue weighted by atomic mass is 16.5. The van der Waals surface area contributed by atoms with E-state index in [1.165, 1.54) is 0 Å². The number of anilines is 2. The third-order valence-electron chi connectivity index (χ3n) is 4.01. The molecule has 1 atom stereocenters. The van der Waals surface area contributed by atoms with E-state index < -0.39 is 0 Å². The van der Waals surface area contributed by atoms with Crippen LogP contribution < -0.4 is 15.4 Å². The van der Waals surface area contributed by atoms with Gasteiger partial charge in [0.2, 0.25) is 5.91 Å². The van der Waals surface area contributed by atoms with Crippen LogP contribution in [-0.4, -0.2) is 18.4 Å². The molecular weight excluding hydrogens is 328 g/mol. The molecule has 0 aliphatic rings. The molecule has 2 amide bonds. The lowest BCUT2D eigenvalue weighted by Gasteiger charge is -2.11. The Bertz CT molecular complexity index is 724. The third kappa shape index (κ3) is 5.62. The number of rotatable bonds is 8. The van der Waals surface area contributed by atoms with Gasteiger partial charge >= 0.3 is 0 Å². The van der Waals surface area contributed by atoms with Gasteiger partial charge in [0.1, 0.15) is 5.75 Å². The highest BCUT2D eigenvalue weighted by molar-refractivity contribution is 6.04. The zero-order valence-corrected chi connectivity index (χ0v) is 15.5. The minimum absolute atomic E-state index is 0.00144. The maximum Gasteiger partial charge on any atom is 0.255 e. The predicted octanol–water partition coefficient (Wildman–Crippen LogP) is 4.71. The second-order valence-corrected chi connectivity index (χ2v) is 6.17. The molecule has 0 heterocycles. The monoisotopic (exact) mass is 354 g/mol. The topological polar surface area (TPSA) is 67.4 Å². The number of hydrogen-bond donors (Lipinski definition) is 2. The fourth-order valence-corrected chi connectivity index (χ4v) is 2.54. The Morgan fingerprint density at radius 2 is 1.50 bits per heavy atom. The van der Waals surface area contributed by atoms with Crippen LogP contribution in [0.5, 0.6) is 5.75 Å². The smallest absolute Gasteiger partial charge is 0.255 e. The van der Waals surface area contributed by atoms with E-state index in [0.717, 1.165) is 18.6 Å². The summed E-state index contributed by atoms with van der Waals surface area (Å²) < 4.78 is 5.38. The zero-order chi connectivity index (χ0) is 18.9. The number of benzene rings is 2. The largest absolute Gasteiger partial charge is 0.494 e. The molecule has 5 heteroatoms. The van der Waals surface area contributed by atoms with Crippen LogP contribution >= 0.6 is 0 Å². The summed E-state index contributed by atoms with van der Waals surface area (Å²) in [5.74, 6) is 0.537. The fourth-order valence-electron chi connectivity index (χ4n) is 2.54. The lowest BCUT2D eigenvalue weighted by Crippen LogP contribution is -2.20. The molecule has 0 spiro atoms. The van der Waals surface area contributed by atoms with Crippen molar-refractivity contribution >= 4 is 23.2 Å². The van der Waals surface area contributed by atoms with E-state index >= 15 is 0 Å². The molecule has 2 rings (SSSR count). The van der Waals surface area contributed by atoms with Crippen LogP contribution in [0.1, 0.15) is 44.0 Å². The van der Waals surface area contributed by atoms with E-state index in [4.69, 9.17) is 4.74 Å². The van der Waals surface area contributed by atoms with Crippen LogP contribution in [0.15, 0.2) is 48.5 Å². The Balaban J connectivity index is 1.94. The van der Waals surface area contributed by atoms with Gasteiger partial charge in [0, 0.05) is 22.9 Å². The minimum atomic E-state index is -0.202.